The second-order valence-electron chi connectivity index (χ2n) is 4.26. The van der Waals surface area contributed by atoms with Gasteiger partial charge in [0.1, 0.15) is 0 Å². The summed E-state index contributed by atoms with van der Waals surface area (Å²) in [7, 11) is 0. The van der Waals surface area contributed by atoms with E-state index < -0.39 is 0 Å². The molecule has 78 valence electrons. The third-order valence-electron chi connectivity index (χ3n) is 2.00. The van der Waals surface area contributed by atoms with Crippen LogP contribution in [0.4, 0.5) is 0 Å². The smallest absolute Gasteiger partial charge is 0.0252 e. The molecule has 0 spiro atoms. The molecule has 0 amide bonds. The lowest BCUT2D eigenvalue weighted by Gasteiger charge is -2.09. The van der Waals surface area contributed by atoms with Crippen molar-refractivity contribution in [3.05, 3.63) is 12.2 Å². The number of rotatable bonds is 7. The van der Waals surface area contributed by atoms with Gasteiger partial charge < -0.3 is 0 Å². The van der Waals surface area contributed by atoms with Crippen molar-refractivity contribution in [2.75, 3.05) is 0 Å². The summed E-state index contributed by atoms with van der Waals surface area (Å²) in [6, 6.07) is 0. The first-order chi connectivity index (χ1) is 6.06. The Bertz CT molecular complexity index is 131. The number of hydrogen-bond acceptors (Lipinski definition) is 1. The number of unbranched alkanes of at least 4 members (excludes halogenated alkanes) is 5. The van der Waals surface area contributed by atoms with Crippen LogP contribution < -0.4 is 0 Å². The first-order valence-electron chi connectivity index (χ1n) is 5.46. The number of thiol groups is 1. The Morgan fingerprint density at radius 1 is 1.08 bits per heavy atom. The zero-order valence-electron chi connectivity index (χ0n) is 9.34. The summed E-state index contributed by atoms with van der Waals surface area (Å²) >= 11 is 4.43. The molecule has 0 unspecified atom stereocenters. The molecule has 0 saturated carbocycles. The molecule has 0 radical (unpaired) electrons. The fraction of sp³-hybridized carbons (Fsp3) is 0.833. The molecule has 0 aromatic rings. The van der Waals surface area contributed by atoms with Gasteiger partial charge in [0.2, 0.25) is 0 Å². The first kappa shape index (κ1) is 13.1. The van der Waals surface area contributed by atoms with Crippen LogP contribution in [0, 0.1) is 0 Å². The monoisotopic (exact) mass is 200 g/mol. The SMILES string of the molecule is CCCCCCCC=CC(C)(C)S. The standard InChI is InChI=1S/C12H24S/c1-4-5-6-7-8-9-10-11-12(2,3)13/h10-11,13H,4-9H2,1-3H3. The molecule has 0 aromatic heterocycles. The average molecular weight is 200 g/mol. The summed E-state index contributed by atoms with van der Waals surface area (Å²) in [4.78, 5) is 0. The van der Waals surface area contributed by atoms with Crippen molar-refractivity contribution in [2.24, 2.45) is 0 Å². The minimum absolute atomic E-state index is 0.0589. The van der Waals surface area contributed by atoms with Gasteiger partial charge >= 0.3 is 0 Å². The lowest BCUT2D eigenvalue weighted by molar-refractivity contribution is 0.636. The van der Waals surface area contributed by atoms with E-state index in [0.717, 1.165) is 0 Å². The van der Waals surface area contributed by atoms with Gasteiger partial charge in [0, 0.05) is 4.75 Å². The Labute approximate surface area is 89.2 Å². The van der Waals surface area contributed by atoms with Crippen molar-refractivity contribution in [3.63, 3.8) is 0 Å². The van der Waals surface area contributed by atoms with Crippen molar-refractivity contribution in [2.45, 2.75) is 64.0 Å². The number of allylic oxidation sites excluding steroid dienone is 1. The Hall–Kier alpha value is 0.0900. The van der Waals surface area contributed by atoms with Crippen LogP contribution in [0.3, 0.4) is 0 Å². The van der Waals surface area contributed by atoms with Gasteiger partial charge in [-0.15, -0.1) is 0 Å². The highest BCUT2D eigenvalue weighted by Gasteiger charge is 2.03. The Kier molecular flexibility index (Phi) is 7.54. The van der Waals surface area contributed by atoms with Gasteiger partial charge in [-0.05, 0) is 26.7 Å². The normalized spacial score (nSPS) is 12.6. The highest BCUT2D eigenvalue weighted by atomic mass is 32.1. The molecule has 0 aliphatic carbocycles. The first-order valence-corrected chi connectivity index (χ1v) is 5.91. The quantitative estimate of drug-likeness (QED) is 0.346. The third kappa shape index (κ3) is 12.1. The lowest BCUT2D eigenvalue weighted by atomic mass is 10.1. The summed E-state index contributed by atoms with van der Waals surface area (Å²) in [5.74, 6) is 0. The minimum Gasteiger partial charge on any atom is -0.169 e. The van der Waals surface area contributed by atoms with Crippen LogP contribution in [-0.2, 0) is 0 Å². The van der Waals surface area contributed by atoms with E-state index in [4.69, 9.17) is 0 Å². The van der Waals surface area contributed by atoms with Crippen LogP contribution in [0.5, 0.6) is 0 Å². The molecule has 0 fully saturated rings. The van der Waals surface area contributed by atoms with Crippen LogP contribution >= 0.6 is 12.6 Å². The lowest BCUT2D eigenvalue weighted by Crippen LogP contribution is -2.03. The van der Waals surface area contributed by atoms with E-state index in [1.807, 2.05) is 0 Å². The maximum Gasteiger partial charge on any atom is 0.0252 e. The zero-order valence-corrected chi connectivity index (χ0v) is 10.2. The molecule has 0 nitrogen and oxygen atoms in total. The van der Waals surface area contributed by atoms with E-state index >= 15 is 0 Å². The van der Waals surface area contributed by atoms with Gasteiger partial charge in [0.05, 0.1) is 0 Å². The molecule has 1 heteroatoms. The Morgan fingerprint density at radius 2 is 1.69 bits per heavy atom. The van der Waals surface area contributed by atoms with E-state index in [-0.39, 0.29) is 4.75 Å². The Balaban J connectivity index is 3.21. The van der Waals surface area contributed by atoms with Crippen LogP contribution in [-0.4, -0.2) is 4.75 Å². The van der Waals surface area contributed by atoms with E-state index in [0.29, 0.717) is 0 Å². The van der Waals surface area contributed by atoms with Crippen LogP contribution in [0.15, 0.2) is 12.2 Å². The van der Waals surface area contributed by atoms with Gasteiger partial charge in [-0.3, -0.25) is 0 Å². The van der Waals surface area contributed by atoms with Crippen molar-refractivity contribution in [1.82, 2.24) is 0 Å². The summed E-state index contributed by atoms with van der Waals surface area (Å²) in [5, 5.41) is 0. The summed E-state index contributed by atoms with van der Waals surface area (Å²) in [6.45, 7) is 6.48. The van der Waals surface area contributed by atoms with Gasteiger partial charge in [-0.1, -0.05) is 44.8 Å². The molecule has 13 heavy (non-hydrogen) atoms. The average Bonchev–Trinajstić information content (AvgIpc) is 2.01. The van der Waals surface area contributed by atoms with E-state index in [9.17, 15) is 0 Å². The topological polar surface area (TPSA) is 0 Å². The molecule has 0 heterocycles. The maximum absolute atomic E-state index is 4.43. The number of hydrogen-bond donors (Lipinski definition) is 1. The summed E-state index contributed by atoms with van der Waals surface area (Å²) < 4.78 is 0.0589. The largest absolute Gasteiger partial charge is 0.169 e. The molecule has 0 atom stereocenters. The molecule has 0 rings (SSSR count). The maximum atomic E-state index is 4.43. The second kappa shape index (κ2) is 7.49. The minimum atomic E-state index is 0.0589. The summed E-state index contributed by atoms with van der Waals surface area (Å²) in [6.07, 6.45) is 12.5. The molecule has 0 aliphatic heterocycles. The molecule has 0 aliphatic rings. The molecule has 0 aromatic carbocycles. The van der Waals surface area contributed by atoms with E-state index in [1.165, 1.54) is 38.5 Å². The predicted molar refractivity (Wildman–Crippen MR) is 65.6 cm³/mol. The van der Waals surface area contributed by atoms with E-state index in [1.54, 1.807) is 0 Å². The van der Waals surface area contributed by atoms with Gasteiger partial charge in [0.25, 0.3) is 0 Å². The molecule has 0 saturated heterocycles. The van der Waals surface area contributed by atoms with Gasteiger partial charge in [-0.25, -0.2) is 0 Å². The van der Waals surface area contributed by atoms with Crippen LogP contribution in [0.25, 0.3) is 0 Å². The molecular formula is C12H24S. The van der Waals surface area contributed by atoms with Gasteiger partial charge in [0.15, 0.2) is 0 Å². The highest BCUT2D eigenvalue weighted by molar-refractivity contribution is 7.82. The van der Waals surface area contributed by atoms with Crippen molar-refractivity contribution in [3.8, 4) is 0 Å². The predicted octanol–water partition coefficient (Wildman–Crippen LogP) is 4.61. The van der Waals surface area contributed by atoms with Crippen LogP contribution in [0.2, 0.25) is 0 Å². The van der Waals surface area contributed by atoms with Gasteiger partial charge in [-0.2, -0.15) is 12.6 Å². The fourth-order valence-electron chi connectivity index (χ4n) is 1.24. The van der Waals surface area contributed by atoms with Crippen LogP contribution in [0.1, 0.15) is 59.3 Å². The fourth-order valence-corrected chi connectivity index (χ4v) is 1.34. The summed E-state index contributed by atoms with van der Waals surface area (Å²) in [5.41, 5.74) is 0. The van der Waals surface area contributed by atoms with Crippen molar-refractivity contribution < 1.29 is 0 Å². The Morgan fingerprint density at radius 3 is 2.23 bits per heavy atom. The zero-order chi connectivity index (χ0) is 10.2. The third-order valence-corrected chi connectivity index (χ3v) is 2.15. The van der Waals surface area contributed by atoms with E-state index in [2.05, 4.69) is 45.6 Å². The van der Waals surface area contributed by atoms with Crippen molar-refractivity contribution >= 4 is 12.6 Å². The molecule has 0 N–H and O–H groups in total. The van der Waals surface area contributed by atoms with Crippen molar-refractivity contribution in [1.29, 1.82) is 0 Å². The highest BCUT2D eigenvalue weighted by Crippen LogP contribution is 2.14. The molecular weight excluding hydrogens is 176 g/mol. The molecule has 0 bridgehead atoms. The second-order valence-corrected chi connectivity index (χ2v) is 5.41.